The fourth-order valence-electron chi connectivity index (χ4n) is 1.40. The van der Waals surface area contributed by atoms with Gasteiger partial charge >= 0.3 is 0 Å². The summed E-state index contributed by atoms with van der Waals surface area (Å²) in [6.45, 7) is 0. The highest BCUT2D eigenvalue weighted by atomic mass is 32.2. The van der Waals surface area contributed by atoms with Crippen LogP contribution >= 0.6 is 23.5 Å². The summed E-state index contributed by atoms with van der Waals surface area (Å²) in [7, 11) is 0. The third-order valence-electron chi connectivity index (χ3n) is 1.96. The van der Waals surface area contributed by atoms with Crippen LogP contribution in [0.25, 0.3) is 0 Å². The van der Waals surface area contributed by atoms with Gasteiger partial charge in [-0.1, -0.05) is 0 Å². The van der Waals surface area contributed by atoms with E-state index in [-0.39, 0.29) is 0 Å². The molecule has 2 aliphatic heterocycles. The van der Waals surface area contributed by atoms with Crippen LogP contribution in [0.15, 0.2) is 0 Å². The van der Waals surface area contributed by atoms with Crippen molar-refractivity contribution in [2.75, 3.05) is 17.3 Å². The van der Waals surface area contributed by atoms with Crippen molar-refractivity contribution in [1.82, 2.24) is 0 Å². The van der Waals surface area contributed by atoms with Crippen molar-refractivity contribution >= 4 is 23.5 Å². The molecule has 2 saturated heterocycles. The van der Waals surface area contributed by atoms with Gasteiger partial charge in [-0.3, -0.25) is 0 Å². The van der Waals surface area contributed by atoms with E-state index in [0.717, 1.165) is 11.2 Å². The van der Waals surface area contributed by atoms with Crippen molar-refractivity contribution in [1.29, 1.82) is 0 Å². The standard InChI is InChI=1S/C6H10S2/c1-2-8-6-4-7-3-5(1)6/h5-6H,1-4H2. The van der Waals surface area contributed by atoms with Gasteiger partial charge in [0, 0.05) is 11.0 Å². The van der Waals surface area contributed by atoms with E-state index in [1.54, 1.807) is 0 Å². The SMILES string of the molecule is C1CC2CSCC2S1. The second-order valence-corrected chi connectivity index (χ2v) is 4.92. The highest BCUT2D eigenvalue weighted by Gasteiger charge is 2.32. The van der Waals surface area contributed by atoms with Gasteiger partial charge in [0.2, 0.25) is 0 Å². The number of thioether (sulfide) groups is 2. The Balaban J connectivity index is 2.04. The minimum absolute atomic E-state index is 1.06. The molecule has 0 aliphatic carbocycles. The van der Waals surface area contributed by atoms with E-state index in [0.29, 0.717) is 0 Å². The Morgan fingerprint density at radius 3 is 3.12 bits per heavy atom. The Hall–Kier alpha value is 0.700. The highest BCUT2D eigenvalue weighted by molar-refractivity contribution is 8.04. The summed E-state index contributed by atoms with van der Waals surface area (Å²) in [6, 6.07) is 0. The second kappa shape index (κ2) is 2.14. The van der Waals surface area contributed by atoms with Crippen LogP contribution < -0.4 is 0 Å². The van der Waals surface area contributed by atoms with Crippen molar-refractivity contribution < 1.29 is 0 Å². The monoisotopic (exact) mass is 146 g/mol. The van der Waals surface area contributed by atoms with E-state index < -0.39 is 0 Å². The zero-order valence-electron chi connectivity index (χ0n) is 4.80. The van der Waals surface area contributed by atoms with Crippen molar-refractivity contribution in [2.24, 2.45) is 5.92 Å². The molecule has 0 N–H and O–H groups in total. The normalized spacial score (nSPS) is 45.0. The van der Waals surface area contributed by atoms with E-state index in [9.17, 15) is 0 Å². The summed E-state index contributed by atoms with van der Waals surface area (Å²) < 4.78 is 0. The first-order valence-electron chi connectivity index (χ1n) is 3.16. The number of rotatable bonds is 0. The molecular weight excluding hydrogens is 136 g/mol. The summed E-state index contributed by atoms with van der Waals surface area (Å²) in [4.78, 5) is 0. The molecule has 0 saturated carbocycles. The average molecular weight is 146 g/mol. The fourth-order valence-corrected chi connectivity index (χ4v) is 4.79. The van der Waals surface area contributed by atoms with Gasteiger partial charge in [-0.05, 0) is 23.8 Å². The smallest absolute Gasteiger partial charge is 0.0174 e. The molecule has 0 aromatic carbocycles. The highest BCUT2D eigenvalue weighted by Crippen LogP contribution is 2.41. The lowest BCUT2D eigenvalue weighted by molar-refractivity contribution is 0.625. The van der Waals surface area contributed by atoms with Gasteiger partial charge in [-0.15, -0.1) is 0 Å². The molecule has 0 nitrogen and oxygen atoms in total. The van der Waals surface area contributed by atoms with Crippen LogP contribution in [0.1, 0.15) is 6.42 Å². The lowest BCUT2D eigenvalue weighted by Crippen LogP contribution is -2.06. The molecule has 46 valence electrons. The van der Waals surface area contributed by atoms with Crippen molar-refractivity contribution in [3.8, 4) is 0 Å². The van der Waals surface area contributed by atoms with Crippen LogP contribution in [0, 0.1) is 5.92 Å². The Labute approximate surface area is 58.8 Å². The van der Waals surface area contributed by atoms with E-state index in [2.05, 4.69) is 23.5 Å². The van der Waals surface area contributed by atoms with Gasteiger partial charge < -0.3 is 0 Å². The van der Waals surface area contributed by atoms with Crippen molar-refractivity contribution in [3.05, 3.63) is 0 Å². The Morgan fingerprint density at radius 2 is 2.25 bits per heavy atom. The molecule has 2 fully saturated rings. The molecule has 2 heteroatoms. The molecule has 0 bridgehead atoms. The molecule has 2 atom stereocenters. The van der Waals surface area contributed by atoms with Gasteiger partial charge in [-0.25, -0.2) is 0 Å². The van der Waals surface area contributed by atoms with Gasteiger partial charge in [0.1, 0.15) is 0 Å². The number of hydrogen-bond donors (Lipinski definition) is 0. The molecule has 0 amide bonds. The van der Waals surface area contributed by atoms with Crippen molar-refractivity contribution in [3.63, 3.8) is 0 Å². The number of fused-ring (bicyclic) bond motifs is 1. The van der Waals surface area contributed by atoms with Crippen LogP contribution in [0.4, 0.5) is 0 Å². The Morgan fingerprint density at radius 1 is 1.25 bits per heavy atom. The zero-order chi connectivity index (χ0) is 5.40. The quantitative estimate of drug-likeness (QED) is 0.511. The minimum Gasteiger partial charge on any atom is -0.161 e. The van der Waals surface area contributed by atoms with Crippen LogP contribution in [0.5, 0.6) is 0 Å². The van der Waals surface area contributed by atoms with Crippen LogP contribution in [-0.2, 0) is 0 Å². The van der Waals surface area contributed by atoms with E-state index in [1.165, 1.54) is 23.7 Å². The molecule has 0 aromatic heterocycles. The first-order valence-corrected chi connectivity index (χ1v) is 5.36. The van der Waals surface area contributed by atoms with Crippen LogP contribution in [0.2, 0.25) is 0 Å². The van der Waals surface area contributed by atoms with E-state index in [1.807, 2.05) is 0 Å². The summed E-state index contributed by atoms with van der Waals surface area (Å²) in [5.74, 6) is 5.44. The Bertz CT molecular complexity index is 72.5. The average Bonchev–Trinajstić information content (AvgIpc) is 2.15. The minimum atomic E-state index is 1.06. The summed E-state index contributed by atoms with van der Waals surface area (Å²) in [5.41, 5.74) is 0. The van der Waals surface area contributed by atoms with Gasteiger partial charge in [0.05, 0.1) is 0 Å². The predicted octanol–water partition coefficient (Wildman–Crippen LogP) is 1.85. The van der Waals surface area contributed by atoms with Gasteiger partial charge in [0.25, 0.3) is 0 Å². The molecule has 8 heavy (non-hydrogen) atoms. The third-order valence-corrected chi connectivity index (χ3v) is 4.88. The maximum absolute atomic E-state index is 2.19. The topological polar surface area (TPSA) is 0 Å². The van der Waals surface area contributed by atoms with Crippen LogP contribution in [0.3, 0.4) is 0 Å². The second-order valence-electron chi connectivity index (χ2n) is 2.50. The number of hydrogen-bond acceptors (Lipinski definition) is 2. The maximum atomic E-state index is 2.19. The first kappa shape index (κ1) is 5.48. The zero-order valence-corrected chi connectivity index (χ0v) is 6.43. The van der Waals surface area contributed by atoms with Gasteiger partial charge in [0.15, 0.2) is 0 Å². The van der Waals surface area contributed by atoms with Crippen LogP contribution in [-0.4, -0.2) is 22.5 Å². The molecule has 0 spiro atoms. The van der Waals surface area contributed by atoms with E-state index >= 15 is 0 Å². The first-order chi connectivity index (χ1) is 3.97. The molecule has 2 aliphatic rings. The summed E-state index contributed by atoms with van der Waals surface area (Å²) >= 11 is 4.34. The molecule has 2 heterocycles. The third kappa shape index (κ3) is 0.781. The fraction of sp³-hybridized carbons (Fsp3) is 1.00. The predicted molar refractivity (Wildman–Crippen MR) is 41.7 cm³/mol. The molecule has 0 aromatic rings. The molecule has 2 unspecified atom stereocenters. The van der Waals surface area contributed by atoms with Crippen molar-refractivity contribution in [2.45, 2.75) is 11.7 Å². The summed E-state index contributed by atoms with van der Waals surface area (Å²) in [5, 5.41) is 1.06. The lowest BCUT2D eigenvalue weighted by Gasteiger charge is -2.02. The molecule has 2 rings (SSSR count). The molecule has 0 radical (unpaired) electrons. The Kier molecular flexibility index (Phi) is 1.47. The van der Waals surface area contributed by atoms with E-state index in [4.69, 9.17) is 0 Å². The lowest BCUT2D eigenvalue weighted by atomic mass is 10.1. The summed E-state index contributed by atoms with van der Waals surface area (Å²) in [6.07, 6.45) is 1.50. The largest absolute Gasteiger partial charge is 0.161 e. The van der Waals surface area contributed by atoms with Gasteiger partial charge in [-0.2, -0.15) is 23.5 Å². The maximum Gasteiger partial charge on any atom is 0.0174 e. The molecular formula is C6H10S2.